The van der Waals surface area contributed by atoms with E-state index >= 15 is 0 Å². The van der Waals surface area contributed by atoms with Crippen LogP contribution in [0.4, 0.5) is 13.2 Å². The number of halogens is 3. The number of carbonyl (C=O) groups is 2. The summed E-state index contributed by atoms with van der Waals surface area (Å²) in [7, 11) is 2.15. The number of thiophene rings is 1. The van der Waals surface area contributed by atoms with E-state index in [0.29, 0.717) is 0 Å². The predicted octanol–water partition coefficient (Wildman–Crippen LogP) is 2.57. The second-order valence-electron chi connectivity index (χ2n) is 6.94. The van der Waals surface area contributed by atoms with Crippen LogP contribution in [-0.2, 0) is 9.53 Å². The molecule has 1 N–H and O–H groups in total. The van der Waals surface area contributed by atoms with E-state index in [9.17, 15) is 18.0 Å². The van der Waals surface area contributed by atoms with Crippen LogP contribution in [-0.4, -0.2) is 79.4 Å². The van der Waals surface area contributed by atoms with E-state index in [0.717, 1.165) is 57.8 Å². The maximum atomic E-state index is 12.5. The summed E-state index contributed by atoms with van der Waals surface area (Å²) in [6.07, 6.45) is -2.85. The van der Waals surface area contributed by atoms with Crippen molar-refractivity contribution in [3.63, 3.8) is 0 Å². The lowest BCUT2D eigenvalue weighted by Crippen LogP contribution is -2.51. The van der Waals surface area contributed by atoms with Crippen LogP contribution in [0.3, 0.4) is 0 Å². The van der Waals surface area contributed by atoms with E-state index < -0.39 is 12.1 Å². The molecule has 1 aromatic rings. The van der Waals surface area contributed by atoms with Crippen molar-refractivity contribution in [1.82, 2.24) is 9.80 Å². The van der Waals surface area contributed by atoms with Gasteiger partial charge in [-0.15, -0.1) is 0 Å². The van der Waals surface area contributed by atoms with E-state index in [4.69, 9.17) is 14.6 Å². The molecule has 0 aromatic carbocycles. The molecular formula is C17H23F3N2O4S. The zero-order chi connectivity index (χ0) is 20.1. The Hall–Kier alpha value is -1.65. The van der Waals surface area contributed by atoms with E-state index in [1.54, 1.807) is 11.3 Å². The number of nitrogens with zero attached hydrogens (tertiary/aromatic N) is 2. The molecule has 2 saturated heterocycles. The molecule has 2 aliphatic rings. The Morgan fingerprint density at radius 2 is 2.00 bits per heavy atom. The molecule has 6 nitrogen and oxygen atoms in total. The topological polar surface area (TPSA) is 70.1 Å². The lowest BCUT2D eigenvalue weighted by atomic mass is 9.80. The van der Waals surface area contributed by atoms with E-state index in [2.05, 4.69) is 11.9 Å². The average Bonchev–Trinajstić information content (AvgIpc) is 3.06. The molecule has 3 rings (SSSR count). The molecule has 2 aliphatic heterocycles. The largest absolute Gasteiger partial charge is 0.490 e. The molecule has 3 heterocycles. The van der Waals surface area contributed by atoms with E-state index in [-0.39, 0.29) is 11.3 Å². The van der Waals surface area contributed by atoms with Gasteiger partial charge in [-0.25, -0.2) is 4.79 Å². The van der Waals surface area contributed by atoms with Crippen molar-refractivity contribution < 1.29 is 32.6 Å². The second kappa shape index (κ2) is 9.03. The molecule has 152 valence electrons. The van der Waals surface area contributed by atoms with Crippen LogP contribution in [0.1, 0.15) is 23.2 Å². The van der Waals surface area contributed by atoms with Crippen LogP contribution < -0.4 is 0 Å². The first kappa shape index (κ1) is 21.6. The third-order valence-corrected chi connectivity index (χ3v) is 5.27. The highest BCUT2D eigenvalue weighted by atomic mass is 32.1. The number of likely N-dealkylation sites (tertiary alicyclic amines) is 1. The summed E-state index contributed by atoms with van der Waals surface area (Å²) in [5.74, 6) is -2.58. The third kappa shape index (κ3) is 6.18. The quantitative estimate of drug-likeness (QED) is 0.774. The van der Waals surface area contributed by atoms with Gasteiger partial charge in [0.15, 0.2) is 0 Å². The van der Waals surface area contributed by atoms with Gasteiger partial charge in [0.2, 0.25) is 0 Å². The van der Waals surface area contributed by atoms with Gasteiger partial charge in [0, 0.05) is 37.0 Å². The standard InChI is InChI=1S/C15H22N2O2S.C2HF3O2/c1-16-6-7-19-12-15(10-16)4-2-5-17(11-15)14(18)13-3-8-20-9-13;3-2(4,5)1(6)7/h3,8-9H,2,4-7,10-12H2,1H3;(H,6,7). The number of alkyl halides is 3. The molecule has 1 spiro atoms. The molecular weight excluding hydrogens is 385 g/mol. The number of carbonyl (C=O) groups excluding carboxylic acids is 1. The fraction of sp³-hybridized carbons (Fsp3) is 0.647. The minimum atomic E-state index is -5.08. The van der Waals surface area contributed by atoms with E-state index in [1.165, 1.54) is 0 Å². The fourth-order valence-corrected chi connectivity index (χ4v) is 4.03. The predicted molar refractivity (Wildman–Crippen MR) is 93.9 cm³/mol. The number of piperidine rings is 1. The molecule has 0 aliphatic carbocycles. The zero-order valence-corrected chi connectivity index (χ0v) is 15.8. The van der Waals surface area contributed by atoms with Crippen LogP contribution in [0.15, 0.2) is 16.8 Å². The van der Waals surface area contributed by atoms with Crippen LogP contribution in [0.5, 0.6) is 0 Å². The number of ether oxygens (including phenoxy) is 1. The highest BCUT2D eigenvalue weighted by Gasteiger charge is 2.40. The van der Waals surface area contributed by atoms with Gasteiger partial charge in [-0.3, -0.25) is 4.79 Å². The lowest BCUT2D eigenvalue weighted by Gasteiger charge is -2.43. The number of carboxylic acids is 1. The summed E-state index contributed by atoms with van der Waals surface area (Å²) in [5, 5.41) is 11.0. The van der Waals surface area contributed by atoms with Gasteiger partial charge in [0.1, 0.15) is 0 Å². The second-order valence-corrected chi connectivity index (χ2v) is 7.72. The molecule has 1 atom stereocenters. The first-order valence-corrected chi connectivity index (χ1v) is 9.45. The smallest absolute Gasteiger partial charge is 0.475 e. The molecule has 0 bridgehead atoms. The number of amides is 1. The number of likely N-dealkylation sites (N-methyl/N-ethyl adjacent to an activating group) is 1. The zero-order valence-electron chi connectivity index (χ0n) is 15.0. The first-order chi connectivity index (χ1) is 12.6. The summed E-state index contributed by atoms with van der Waals surface area (Å²) in [5.41, 5.74) is 0.949. The highest BCUT2D eigenvalue weighted by Crippen LogP contribution is 2.33. The monoisotopic (exact) mass is 408 g/mol. The van der Waals surface area contributed by atoms with Crippen molar-refractivity contribution in [3.8, 4) is 0 Å². The normalized spacial score (nSPS) is 24.1. The molecule has 10 heteroatoms. The Balaban J connectivity index is 0.000000321. The number of aliphatic carboxylic acids is 1. The van der Waals surface area contributed by atoms with Crippen molar-refractivity contribution >= 4 is 23.2 Å². The van der Waals surface area contributed by atoms with Gasteiger partial charge in [0.05, 0.1) is 18.8 Å². The molecule has 0 radical (unpaired) electrons. The maximum Gasteiger partial charge on any atom is 0.490 e. The summed E-state index contributed by atoms with van der Waals surface area (Å²) in [6.45, 7) is 5.30. The van der Waals surface area contributed by atoms with Gasteiger partial charge >= 0.3 is 12.1 Å². The SMILES string of the molecule is CN1CCOCC2(CCCN(C(=O)c3ccsc3)C2)C1.O=C(O)C(F)(F)F. The molecule has 27 heavy (non-hydrogen) atoms. The Kier molecular flexibility index (Phi) is 7.24. The molecule has 1 aromatic heterocycles. The van der Waals surface area contributed by atoms with Gasteiger partial charge in [0.25, 0.3) is 5.91 Å². The number of hydrogen-bond donors (Lipinski definition) is 1. The number of hydrogen-bond acceptors (Lipinski definition) is 5. The van der Waals surface area contributed by atoms with Crippen molar-refractivity contribution in [1.29, 1.82) is 0 Å². The van der Waals surface area contributed by atoms with Gasteiger partial charge < -0.3 is 19.6 Å². The molecule has 1 amide bonds. The average molecular weight is 408 g/mol. The fourth-order valence-electron chi connectivity index (χ4n) is 3.40. The summed E-state index contributed by atoms with van der Waals surface area (Å²) in [4.78, 5) is 25.8. The van der Waals surface area contributed by atoms with E-state index in [1.807, 2.05) is 21.7 Å². The maximum absolute atomic E-state index is 12.5. The lowest BCUT2D eigenvalue weighted by molar-refractivity contribution is -0.192. The first-order valence-electron chi connectivity index (χ1n) is 8.51. The Labute approximate surface area is 159 Å². The van der Waals surface area contributed by atoms with Gasteiger partial charge in [-0.2, -0.15) is 24.5 Å². The minimum Gasteiger partial charge on any atom is -0.475 e. The van der Waals surface area contributed by atoms with Crippen molar-refractivity contribution in [2.24, 2.45) is 5.41 Å². The summed E-state index contributed by atoms with van der Waals surface area (Å²) < 4.78 is 37.5. The van der Waals surface area contributed by atoms with Crippen LogP contribution >= 0.6 is 11.3 Å². The van der Waals surface area contributed by atoms with Gasteiger partial charge in [-0.1, -0.05) is 0 Å². The number of carboxylic acid groups (broad SMARTS) is 1. The highest BCUT2D eigenvalue weighted by molar-refractivity contribution is 7.08. The molecule has 0 saturated carbocycles. The van der Waals surface area contributed by atoms with Crippen molar-refractivity contribution in [2.75, 3.05) is 46.4 Å². The number of rotatable bonds is 1. The third-order valence-electron chi connectivity index (χ3n) is 4.59. The van der Waals surface area contributed by atoms with Crippen molar-refractivity contribution in [3.05, 3.63) is 22.4 Å². The van der Waals surface area contributed by atoms with Crippen LogP contribution in [0, 0.1) is 5.41 Å². The molecule has 1 unspecified atom stereocenters. The van der Waals surface area contributed by atoms with Crippen molar-refractivity contribution in [2.45, 2.75) is 19.0 Å². The minimum absolute atomic E-state index is 0.120. The molecule has 2 fully saturated rings. The van der Waals surface area contributed by atoms with Crippen LogP contribution in [0.2, 0.25) is 0 Å². The summed E-state index contributed by atoms with van der Waals surface area (Å²) >= 11 is 1.58. The van der Waals surface area contributed by atoms with Gasteiger partial charge in [-0.05, 0) is 31.3 Å². The van der Waals surface area contributed by atoms with Crippen LogP contribution in [0.25, 0.3) is 0 Å². The Morgan fingerprint density at radius 1 is 1.30 bits per heavy atom. The Bertz CT molecular complexity index is 639. The Morgan fingerprint density at radius 3 is 2.59 bits per heavy atom. The summed E-state index contributed by atoms with van der Waals surface area (Å²) in [6, 6.07) is 1.92.